The largest absolute Gasteiger partial charge is 0.383 e. The van der Waals surface area contributed by atoms with Gasteiger partial charge in [0, 0.05) is 26.4 Å². The van der Waals surface area contributed by atoms with Crippen molar-refractivity contribution in [3.63, 3.8) is 0 Å². The van der Waals surface area contributed by atoms with Gasteiger partial charge in [0.05, 0.1) is 12.6 Å². The minimum atomic E-state index is 0.321. The Kier molecular flexibility index (Phi) is 5.38. The van der Waals surface area contributed by atoms with Gasteiger partial charge in [0.15, 0.2) is 0 Å². The molecule has 0 amide bonds. The van der Waals surface area contributed by atoms with Crippen molar-refractivity contribution in [1.29, 1.82) is 0 Å². The fraction of sp³-hybridized carbons (Fsp3) is 0.615. The van der Waals surface area contributed by atoms with Crippen molar-refractivity contribution in [2.45, 2.75) is 26.4 Å². The minimum absolute atomic E-state index is 0.321. The maximum atomic E-state index is 5.16. The van der Waals surface area contributed by atoms with E-state index in [1.54, 1.807) is 7.11 Å². The molecular weight excluding hydrogens is 214 g/mol. The first kappa shape index (κ1) is 13.9. The van der Waals surface area contributed by atoms with Gasteiger partial charge in [-0.15, -0.1) is 0 Å². The maximum Gasteiger partial charge on any atom is 0.128 e. The number of hydrogen-bond donors (Lipinski definition) is 1. The number of ether oxygens (including phenoxy) is 1. The Morgan fingerprint density at radius 2 is 2.18 bits per heavy atom. The van der Waals surface area contributed by atoms with E-state index in [9.17, 15) is 0 Å². The van der Waals surface area contributed by atoms with Gasteiger partial charge in [-0.1, -0.05) is 6.07 Å². The van der Waals surface area contributed by atoms with Gasteiger partial charge in [-0.25, -0.2) is 4.98 Å². The summed E-state index contributed by atoms with van der Waals surface area (Å²) < 4.78 is 5.16. The van der Waals surface area contributed by atoms with E-state index in [0.29, 0.717) is 12.6 Å². The van der Waals surface area contributed by atoms with Gasteiger partial charge in [0.1, 0.15) is 5.82 Å². The first-order valence-electron chi connectivity index (χ1n) is 5.93. The first-order chi connectivity index (χ1) is 8.10. The second kappa shape index (κ2) is 6.57. The molecule has 1 aromatic rings. The molecule has 0 saturated heterocycles. The van der Waals surface area contributed by atoms with Gasteiger partial charge < -0.3 is 15.0 Å². The smallest absolute Gasteiger partial charge is 0.128 e. The van der Waals surface area contributed by atoms with Crippen LogP contribution in [0.1, 0.15) is 18.2 Å². The SMILES string of the molecule is CNCc1ccc(N(C)C(C)COC)nc1C. The Morgan fingerprint density at radius 3 is 2.71 bits per heavy atom. The number of hydrogen-bond acceptors (Lipinski definition) is 4. The Hall–Kier alpha value is -1.13. The van der Waals surface area contributed by atoms with Crippen molar-refractivity contribution < 1.29 is 4.74 Å². The van der Waals surface area contributed by atoms with Crippen molar-refractivity contribution in [1.82, 2.24) is 10.3 Å². The van der Waals surface area contributed by atoms with E-state index in [0.717, 1.165) is 18.1 Å². The lowest BCUT2D eigenvalue weighted by Crippen LogP contribution is -2.33. The summed E-state index contributed by atoms with van der Waals surface area (Å²) in [4.78, 5) is 6.76. The number of anilines is 1. The molecule has 0 saturated carbocycles. The molecule has 4 nitrogen and oxygen atoms in total. The first-order valence-corrected chi connectivity index (χ1v) is 5.93. The molecule has 1 heterocycles. The van der Waals surface area contributed by atoms with Gasteiger partial charge in [-0.05, 0) is 32.5 Å². The lowest BCUT2D eigenvalue weighted by Gasteiger charge is -2.26. The van der Waals surface area contributed by atoms with E-state index >= 15 is 0 Å². The lowest BCUT2D eigenvalue weighted by molar-refractivity contribution is 0.183. The van der Waals surface area contributed by atoms with E-state index < -0.39 is 0 Å². The fourth-order valence-corrected chi connectivity index (χ4v) is 1.73. The Balaban J connectivity index is 2.81. The van der Waals surface area contributed by atoms with Gasteiger partial charge in [-0.2, -0.15) is 0 Å². The summed E-state index contributed by atoms with van der Waals surface area (Å²) in [5, 5.41) is 3.14. The predicted octanol–water partition coefficient (Wildman–Crippen LogP) is 1.58. The number of likely N-dealkylation sites (N-methyl/N-ethyl adjacent to an activating group) is 1. The van der Waals surface area contributed by atoms with Crippen LogP contribution in [0.25, 0.3) is 0 Å². The van der Waals surface area contributed by atoms with Crippen LogP contribution in [0.5, 0.6) is 0 Å². The van der Waals surface area contributed by atoms with Crippen molar-refractivity contribution in [2.75, 3.05) is 32.7 Å². The summed E-state index contributed by atoms with van der Waals surface area (Å²) in [6.45, 7) is 5.74. The molecule has 4 heteroatoms. The molecule has 0 aliphatic heterocycles. The summed E-state index contributed by atoms with van der Waals surface area (Å²) in [5.74, 6) is 0.993. The molecule has 1 N–H and O–H groups in total. The van der Waals surface area contributed by atoms with E-state index in [4.69, 9.17) is 4.74 Å². The highest BCUT2D eigenvalue weighted by molar-refractivity contribution is 5.41. The molecule has 96 valence electrons. The zero-order chi connectivity index (χ0) is 12.8. The number of aromatic nitrogens is 1. The van der Waals surface area contributed by atoms with Crippen LogP contribution in [0.3, 0.4) is 0 Å². The van der Waals surface area contributed by atoms with Crippen molar-refractivity contribution in [3.05, 3.63) is 23.4 Å². The number of nitrogens with one attached hydrogen (secondary N) is 1. The molecule has 0 aromatic carbocycles. The summed E-state index contributed by atoms with van der Waals surface area (Å²) in [5.41, 5.74) is 2.32. The molecular formula is C13H23N3O. The molecule has 1 rings (SSSR count). The van der Waals surface area contributed by atoms with E-state index in [2.05, 4.69) is 34.3 Å². The molecule has 0 spiro atoms. The number of nitrogens with zero attached hydrogens (tertiary/aromatic N) is 2. The second-order valence-corrected chi connectivity index (χ2v) is 4.36. The van der Waals surface area contributed by atoms with Gasteiger partial charge in [0.2, 0.25) is 0 Å². The highest BCUT2D eigenvalue weighted by Gasteiger charge is 2.11. The van der Waals surface area contributed by atoms with E-state index in [1.807, 2.05) is 21.0 Å². The molecule has 1 unspecified atom stereocenters. The summed E-state index contributed by atoms with van der Waals surface area (Å²) >= 11 is 0. The number of rotatable bonds is 6. The van der Waals surface area contributed by atoms with Crippen LogP contribution in [-0.2, 0) is 11.3 Å². The van der Waals surface area contributed by atoms with Gasteiger partial charge >= 0.3 is 0 Å². The van der Waals surface area contributed by atoms with Crippen LogP contribution in [0.2, 0.25) is 0 Å². The van der Waals surface area contributed by atoms with E-state index in [1.165, 1.54) is 5.56 Å². The predicted molar refractivity (Wildman–Crippen MR) is 71.5 cm³/mol. The third-order valence-electron chi connectivity index (χ3n) is 2.98. The van der Waals surface area contributed by atoms with Crippen molar-refractivity contribution in [2.24, 2.45) is 0 Å². The molecule has 0 aliphatic carbocycles. The van der Waals surface area contributed by atoms with Gasteiger partial charge in [0.25, 0.3) is 0 Å². The fourth-order valence-electron chi connectivity index (χ4n) is 1.73. The number of pyridine rings is 1. The molecule has 0 aliphatic rings. The van der Waals surface area contributed by atoms with Crippen LogP contribution < -0.4 is 10.2 Å². The number of methoxy groups -OCH3 is 1. The molecule has 1 aromatic heterocycles. The third kappa shape index (κ3) is 3.68. The summed E-state index contributed by atoms with van der Waals surface area (Å²) in [6, 6.07) is 4.51. The Bertz CT molecular complexity index is 355. The van der Waals surface area contributed by atoms with Crippen LogP contribution >= 0.6 is 0 Å². The van der Waals surface area contributed by atoms with Crippen LogP contribution in [0.4, 0.5) is 5.82 Å². The molecule has 1 atom stereocenters. The van der Waals surface area contributed by atoms with Crippen LogP contribution in [0, 0.1) is 6.92 Å². The highest BCUT2D eigenvalue weighted by atomic mass is 16.5. The second-order valence-electron chi connectivity index (χ2n) is 4.36. The summed E-state index contributed by atoms with van der Waals surface area (Å²) in [7, 11) is 5.71. The normalized spacial score (nSPS) is 12.5. The zero-order valence-electron chi connectivity index (χ0n) is 11.4. The standard InChI is InChI=1S/C13H23N3O/c1-10(9-17-5)16(4)13-7-6-12(8-14-3)11(2)15-13/h6-7,10,14H,8-9H2,1-5H3. The Morgan fingerprint density at radius 1 is 1.47 bits per heavy atom. The van der Waals surface area contributed by atoms with E-state index in [-0.39, 0.29) is 0 Å². The zero-order valence-corrected chi connectivity index (χ0v) is 11.4. The molecule has 0 bridgehead atoms. The van der Waals surface area contributed by atoms with Crippen molar-refractivity contribution >= 4 is 5.82 Å². The highest BCUT2D eigenvalue weighted by Crippen LogP contribution is 2.15. The number of aryl methyl sites for hydroxylation is 1. The quantitative estimate of drug-likeness (QED) is 0.815. The summed E-state index contributed by atoms with van der Waals surface area (Å²) in [6.07, 6.45) is 0. The lowest BCUT2D eigenvalue weighted by atomic mass is 10.2. The molecule has 0 fully saturated rings. The average molecular weight is 237 g/mol. The topological polar surface area (TPSA) is 37.4 Å². The average Bonchev–Trinajstić information content (AvgIpc) is 2.31. The maximum absolute atomic E-state index is 5.16. The molecule has 17 heavy (non-hydrogen) atoms. The van der Waals surface area contributed by atoms with Crippen molar-refractivity contribution in [3.8, 4) is 0 Å². The monoisotopic (exact) mass is 237 g/mol. The minimum Gasteiger partial charge on any atom is -0.383 e. The Labute approximate surface area is 104 Å². The molecule has 0 radical (unpaired) electrons. The van der Waals surface area contributed by atoms with Crippen LogP contribution in [0.15, 0.2) is 12.1 Å². The van der Waals surface area contributed by atoms with Crippen LogP contribution in [-0.4, -0.2) is 38.8 Å². The third-order valence-corrected chi connectivity index (χ3v) is 2.98. The van der Waals surface area contributed by atoms with Gasteiger partial charge in [-0.3, -0.25) is 0 Å².